The number of thiophene rings is 2. The van der Waals surface area contributed by atoms with Gasteiger partial charge in [0.05, 0.1) is 0 Å². The van der Waals surface area contributed by atoms with E-state index in [1.54, 1.807) is 11.3 Å². The van der Waals surface area contributed by atoms with Crippen LogP contribution in [0.15, 0.2) is 35.7 Å². The molecule has 0 aliphatic heterocycles. The average Bonchev–Trinajstić information content (AvgIpc) is 2.87. The highest BCUT2D eigenvalue weighted by Gasteiger charge is 2.18. The van der Waals surface area contributed by atoms with Crippen molar-refractivity contribution in [2.45, 2.75) is 6.10 Å². The first-order valence-electron chi connectivity index (χ1n) is 5.25. The molecule has 5 heteroatoms. The Hall–Kier alpha value is -1.30. The second-order valence-electron chi connectivity index (χ2n) is 3.87. The Morgan fingerprint density at radius 1 is 1.06 bits per heavy atom. The lowest BCUT2D eigenvalue weighted by Gasteiger charge is -2.09. The van der Waals surface area contributed by atoms with Crippen LogP contribution in [-0.4, -0.2) is 5.11 Å². The number of aliphatic hydroxyl groups excluding tert-OH is 1. The molecule has 1 nitrogen and oxygen atoms in total. The third-order valence-corrected chi connectivity index (χ3v) is 4.83. The molecule has 1 aromatic carbocycles. The largest absolute Gasteiger partial charge is 0.383 e. The molecular formula is C13H8F2OS2. The summed E-state index contributed by atoms with van der Waals surface area (Å²) in [4.78, 5) is 0.669. The maximum Gasteiger partial charge on any atom is 0.132 e. The Balaban J connectivity index is 2.03. The zero-order chi connectivity index (χ0) is 12.7. The summed E-state index contributed by atoms with van der Waals surface area (Å²) in [6.45, 7) is 0. The molecular weight excluding hydrogens is 274 g/mol. The van der Waals surface area contributed by atoms with Crippen LogP contribution in [0, 0.1) is 11.6 Å². The van der Waals surface area contributed by atoms with Crippen LogP contribution in [0.3, 0.4) is 0 Å². The fraction of sp³-hybridized carbons (Fsp3) is 0.0769. The SMILES string of the molecule is OC(c1cc2sccc2s1)c1ccc(F)cc1F. The van der Waals surface area contributed by atoms with Crippen molar-refractivity contribution >= 4 is 32.1 Å². The minimum absolute atomic E-state index is 0.102. The fourth-order valence-corrected chi connectivity index (χ4v) is 3.92. The van der Waals surface area contributed by atoms with Gasteiger partial charge in [-0.15, -0.1) is 22.7 Å². The predicted octanol–water partition coefficient (Wildman–Crippen LogP) is 4.32. The van der Waals surface area contributed by atoms with Crippen molar-refractivity contribution in [3.8, 4) is 0 Å². The summed E-state index contributed by atoms with van der Waals surface area (Å²) in [6, 6.07) is 7.02. The van der Waals surface area contributed by atoms with Crippen molar-refractivity contribution in [1.29, 1.82) is 0 Å². The molecule has 0 saturated heterocycles. The molecule has 0 amide bonds. The summed E-state index contributed by atoms with van der Waals surface area (Å²) in [5.74, 6) is -1.37. The Morgan fingerprint density at radius 2 is 1.89 bits per heavy atom. The van der Waals surface area contributed by atoms with Gasteiger partial charge in [0.25, 0.3) is 0 Å². The number of fused-ring (bicyclic) bond motifs is 1. The minimum Gasteiger partial charge on any atom is -0.383 e. The molecule has 0 saturated carbocycles. The van der Waals surface area contributed by atoms with Gasteiger partial charge in [-0.1, -0.05) is 6.07 Å². The Morgan fingerprint density at radius 3 is 2.61 bits per heavy atom. The molecule has 0 aliphatic rings. The lowest BCUT2D eigenvalue weighted by molar-refractivity contribution is 0.218. The molecule has 2 heterocycles. The topological polar surface area (TPSA) is 20.2 Å². The monoisotopic (exact) mass is 282 g/mol. The average molecular weight is 282 g/mol. The number of halogens is 2. The van der Waals surface area contributed by atoms with E-state index >= 15 is 0 Å². The van der Waals surface area contributed by atoms with Crippen LogP contribution in [0.5, 0.6) is 0 Å². The van der Waals surface area contributed by atoms with E-state index < -0.39 is 17.7 Å². The summed E-state index contributed by atoms with van der Waals surface area (Å²) in [5, 5.41) is 12.1. The molecule has 1 N–H and O–H groups in total. The molecule has 0 aliphatic carbocycles. The molecule has 3 aromatic rings. The summed E-state index contributed by atoms with van der Waals surface area (Å²) < 4.78 is 28.5. The van der Waals surface area contributed by atoms with Crippen molar-refractivity contribution in [1.82, 2.24) is 0 Å². The van der Waals surface area contributed by atoms with E-state index in [2.05, 4.69) is 0 Å². The number of aliphatic hydroxyl groups is 1. The van der Waals surface area contributed by atoms with Crippen molar-refractivity contribution in [2.24, 2.45) is 0 Å². The summed E-state index contributed by atoms with van der Waals surface area (Å²) in [5.41, 5.74) is 0.102. The number of benzene rings is 1. The zero-order valence-corrected chi connectivity index (χ0v) is 10.7. The lowest BCUT2D eigenvalue weighted by atomic mass is 10.1. The van der Waals surface area contributed by atoms with E-state index in [0.29, 0.717) is 4.88 Å². The van der Waals surface area contributed by atoms with Crippen LogP contribution < -0.4 is 0 Å². The van der Waals surface area contributed by atoms with E-state index in [1.165, 1.54) is 17.4 Å². The maximum atomic E-state index is 13.6. The molecule has 0 fully saturated rings. The lowest BCUT2D eigenvalue weighted by Crippen LogP contribution is -2.00. The molecule has 0 spiro atoms. The molecule has 0 radical (unpaired) electrons. The second-order valence-corrected chi connectivity index (χ2v) is 5.93. The second kappa shape index (κ2) is 4.42. The van der Waals surface area contributed by atoms with Crippen molar-refractivity contribution in [2.75, 3.05) is 0 Å². The summed E-state index contributed by atoms with van der Waals surface area (Å²) in [7, 11) is 0. The minimum atomic E-state index is -1.05. The third kappa shape index (κ3) is 1.94. The van der Waals surface area contributed by atoms with Crippen LogP contribution >= 0.6 is 22.7 Å². The highest BCUT2D eigenvalue weighted by Crippen LogP contribution is 2.36. The normalized spacial score (nSPS) is 13.1. The first-order valence-corrected chi connectivity index (χ1v) is 6.95. The van der Waals surface area contributed by atoms with E-state index in [9.17, 15) is 13.9 Å². The van der Waals surface area contributed by atoms with Gasteiger partial charge >= 0.3 is 0 Å². The fourth-order valence-electron chi connectivity index (χ4n) is 1.80. The molecule has 3 rings (SSSR count). The third-order valence-electron chi connectivity index (χ3n) is 2.69. The first kappa shape index (κ1) is 11.8. The standard InChI is InChI=1S/C13H8F2OS2/c14-7-1-2-8(9(15)5-7)13(16)12-6-11-10(18-12)3-4-17-11/h1-6,13,16H. The van der Waals surface area contributed by atoms with Gasteiger partial charge in [0.1, 0.15) is 17.7 Å². The van der Waals surface area contributed by atoms with Crippen LogP contribution in [0.1, 0.15) is 16.5 Å². The van der Waals surface area contributed by atoms with Gasteiger partial charge in [0.2, 0.25) is 0 Å². The molecule has 18 heavy (non-hydrogen) atoms. The van der Waals surface area contributed by atoms with E-state index in [1.807, 2.05) is 17.5 Å². The Kier molecular flexibility index (Phi) is 2.89. The molecule has 92 valence electrons. The van der Waals surface area contributed by atoms with Crippen molar-refractivity contribution in [3.05, 3.63) is 57.8 Å². The van der Waals surface area contributed by atoms with Gasteiger partial charge in [-0.05, 0) is 23.6 Å². The quantitative estimate of drug-likeness (QED) is 0.742. The van der Waals surface area contributed by atoms with Gasteiger partial charge in [0.15, 0.2) is 0 Å². The van der Waals surface area contributed by atoms with Crippen LogP contribution in [-0.2, 0) is 0 Å². The van der Waals surface area contributed by atoms with Crippen molar-refractivity contribution in [3.63, 3.8) is 0 Å². The Labute approximate surface area is 110 Å². The van der Waals surface area contributed by atoms with Gasteiger partial charge in [0, 0.05) is 25.9 Å². The van der Waals surface area contributed by atoms with Crippen molar-refractivity contribution < 1.29 is 13.9 Å². The molecule has 1 atom stereocenters. The molecule has 1 unspecified atom stereocenters. The number of hydrogen-bond donors (Lipinski definition) is 1. The highest BCUT2D eigenvalue weighted by atomic mass is 32.1. The van der Waals surface area contributed by atoms with E-state index in [-0.39, 0.29) is 5.56 Å². The smallest absolute Gasteiger partial charge is 0.132 e. The summed E-state index contributed by atoms with van der Waals surface area (Å²) >= 11 is 2.99. The number of hydrogen-bond acceptors (Lipinski definition) is 3. The maximum absolute atomic E-state index is 13.6. The highest BCUT2D eigenvalue weighted by molar-refractivity contribution is 7.26. The van der Waals surface area contributed by atoms with Crippen LogP contribution in [0.2, 0.25) is 0 Å². The van der Waals surface area contributed by atoms with Gasteiger partial charge in [-0.2, -0.15) is 0 Å². The molecule has 2 aromatic heterocycles. The van der Waals surface area contributed by atoms with Gasteiger partial charge in [-0.25, -0.2) is 8.78 Å². The van der Waals surface area contributed by atoms with E-state index in [0.717, 1.165) is 21.5 Å². The summed E-state index contributed by atoms with van der Waals surface area (Å²) in [6.07, 6.45) is -1.05. The first-order chi connectivity index (χ1) is 8.65. The molecule has 0 bridgehead atoms. The van der Waals surface area contributed by atoms with Crippen LogP contribution in [0.4, 0.5) is 8.78 Å². The van der Waals surface area contributed by atoms with Crippen LogP contribution in [0.25, 0.3) is 9.40 Å². The van der Waals surface area contributed by atoms with Gasteiger partial charge in [-0.3, -0.25) is 0 Å². The zero-order valence-electron chi connectivity index (χ0n) is 9.06. The van der Waals surface area contributed by atoms with Gasteiger partial charge < -0.3 is 5.11 Å². The predicted molar refractivity (Wildman–Crippen MR) is 70.1 cm³/mol. The Bertz CT molecular complexity index is 673. The van der Waals surface area contributed by atoms with E-state index in [4.69, 9.17) is 0 Å². The number of rotatable bonds is 2.